The first kappa shape index (κ1) is 16.2. The lowest BCUT2D eigenvalue weighted by atomic mass is 10.4. The van der Waals surface area contributed by atoms with E-state index in [1.54, 1.807) is 0 Å². The molecule has 3 aromatic rings. The standard InChI is InChI=1S/C21H21PS/c1-2-23-18-22(19-12-6-3-7-13-19,20-14-8-4-9-15-20)21-16-10-5-11-17-21/h3-18H,2H2,1H3. The molecule has 116 valence electrons. The van der Waals surface area contributed by atoms with Crippen LogP contribution in [-0.2, 0) is 0 Å². The Balaban J connectivity index is 2.36. The van der Waals surface area contributed by atoms with E-state index in [1.807, 2.05) is 11.8 Å². The molecule has 0 nitrogen and oxygen atoms in total. The van der Waals surface area contributed by atoms with Crippen molar-refractivity contribution < 1.29 is 0 Å². The van der Waals surface area contributed by atoms with E-state index in [-0.39, 0.29) is 0 Å². The maximum atomic E-state index is 2.51. The molecule has 0 radical (unpaired) electrons. The molecule has 0 fully saturated rings. The number of hydrogen-bond donors (Lipinski definition) is 0. The molecule has 0 atom stereocenters. The van der Waals surface area contributed by atoms with E-state index in [9.17, 15) is 0 Å². The first-order valence-corrected chi connectivity index (χ1v) is 10.8. The highest BCUT2D eigenvalue weighted by Crippen LogP contribution is 2.44. The Bertz CT molecular complexity index is 676. The highest BCUT2D eigenvalue weighted by Gasteiger charge is 2.24. The van der Waals surface area contributed by atoms with Crippen LogP contribution >= 0.6 is 18.6 Å². The summed E-state index contributed by atoms with van der Waals surface area (Å²) in [5.74, 6) is 1.09. The zero-order valence-electron chi connectivity index (χ0n) is 13.3. The predicted molar refractivity (Wildman–Crippen MR) is 109 cm³/mol. The Hall–Kier alpha value is -1.69. The lowest BCUT2D eigenvalue weighted by Gasteiger charge is -2.28. The Morgan fingerprint density at radius 2 is 1.00 bits per heavy atom. The molecule has 2 heteroatoms. The highest BCUT2D eigenvalue weighted by molar-refractivity contribution is 8.22. The summed E-state index contributed by atoms with van der Waals surface area (Å²) in [5.41, 5.74) is 0. The molecule has 0 amide bonds. The highest BCUT2D eigenvalue weighted by atomic mass is 32.2. The minimum absolute atomic E-state index is 1.09. The van der Waals surface area contributed by atoms with Crippen molar-refractivity contribution in [2.24, 2.45) is 0 Å². The smallest absolute Gasteiger partial charge is 0.00538 e. The first-order chi connectivity index (χ1) is 11.4. The molecule has 0 N–H and O–H groups in total. The number of hydrogen-bond acceptors (Lipinski definition) is 1. The van der Waals surface area contributed by atoms with Gasteiger partial charge in [-0.1, -0.05) is 97.9 Å². The van der Waals surface area contributed by atoms with Crippen LogP contribution in [0.2, 0.25) is 0 Å². The fourth-order valence-corrected chi connectivity index (χ4v) is 8.58. The summed E-state index contributed by atoms with van der Waals surface area (Å²) < 4.78 is 0. The normalized spacial score (nSPS) is 11.2. The molecule has 0 saturated carbocycles. The van der Waals surface area contributed by atoms with E-state index in [0.717, 1.165) is 5.75 Å². The zero-order chi connectivity index (χ0) is 16.0. The zero-order valence-corrected chi connectivity index (χ0v) is 15.0. The minimum Gasteiger partial charge on any atom is -0.133 e. The molecule has 0 aliphatic heterocycles. The second-order valence-corrected chi connectivity index (χ2v) is 10.0. The third kappa shape index (κ3) is 3.32. The van der Waals surface area contributed by atoms with E-state index < -0.39 is 6.89 Å². The van der Waals surface area contributed by atoms with Gasteiger partial charge in [-0.2, -0.15) is 0 Å². The van der Waals surface area contributed by atoms with E-state index >= 15 is 0 Å². The van der Waals surface area contributed by atoms with Crippen molar-refractivity contribution >= 4 is 39.7 Å². The van der Waals surface area contributed by atoms with Crippen molar-refractivity contribution in [3.63, 3.8) is 0 Å². The second-order valence-electron chi connectivity index (χ2n) is 5.29. The molecule has 3 aromatic carbocycles. The van der Waals surface area contributed by atoms with E-state index in [2.05, 4.69) is 103 Å². The van der Waals surface area contributed by atoms with Gasteiger partial charge in [-0.15, -0.1) is 11.8 Å². The Labute approximate surface area is 143 Å². The van der Waals surface area contributed by atoms with Crippen LogP contribution in [-0.4, -0.2) is 10.9 Å². The van der Waals surface area contributed by atoms with Gasteiger partial charge in [-0.25, -0.2) is 0 Å². The van der Waals surface area contributed by atoms with Crippen LogP contribution in [0.1, 0.15) is 6.92 Å². The van der Waals surface area contributed by atoms with Gasteiger partial charge < -0.3 is 0 Å². The van der Waals surface area contributed by atoms with Gasteiger partial charge >= 0.3 is 0 Å². The molecule has 0 spiro atoms. The number of thioether (sulfide) groups is 1. The molecule has 23 heavy (non-hydrogen) atoms. The van der Waals surface area contributed by atoms with E-state index in [0.29, 0.717) is 0 Å². The fraction of sp³-hybridized carbons (Fsp3) is 0.0952. The lowest BCUT2D eigenvalue weighted by molar-refractivity contribution is 1.54. The van der Waals surface area contributed by atoms with Crippen molar-refractivity contribution in [1.82, 2.24) is 0 Å². The van der Waals surface area contributed by atoms with Gasteiger partial charge in [0.05, 0.1) is 0 Å². The van der Waals surface area contributed by atoms with Crippen LogP contribution in [0.25, 0.3) is 0 Å². The minimum atomic E-state index is -1.73. The Morgan fingerprint density at radius 1 is 0.652 bits per heavy atom. The molecule has 0 aliphatic rings. The van der Waals surface area contributed by atoms with Crippen molar-refractivity contribution in [2.45, 2.75) is 6.92 Å². The first-order valence-electron chi connectivity index (χ1n) is 7.89. The Morgan fingerprint density at radius 3 is 1.30 bits per heavy atom. The van der Waals surface area contributed by atoms with Crippen LogP contribution in [0.5, 0.6) is 0 Å². The molecule has 0 saturated heterocycles. The molecular weight excluding hydrogens is 315 g/mol. The van der Waals surface area contributed by atoms with Gasteiger partial charge in [-0.3, -0.25) is 0 Å². The maximum absolute atomic E-state index is 2.51. The molecule has 0 aliphatic carbocycles. The quantitative estimate of drug-likeness (QED) is 0.619. The largest absolute Gasteiger partial charge is 0.133 e. The summed E-state index contributed by atoms with van der Waals surface area (Å²) in [5, 5.41) is 6.75. The van der Waals surface area contributed by atoms with Crippen LogP contribution in [0.3, 0.4) is 0 Å². The third-order valence-corrected chi connectivity index (χ3v) is 9.42. The monoisotopic (exact) mass is 336 g/mol. The van der Waals surface area contributed by atoms with Gasteiger partial charge in [0.15, 0.2) is 0 Å². The summed E-state index contributed by atoms with van der Waals surface area (Å²) in [4.78, 5) is 0. The molecule has 3 rings (SSSR count). The van der Waals surface area contributed by atoms with Crippen LogP contribution in [0.15, 0.2) is 91.0 Å². The number of benzene rings is 3. The summed E-state index contributed by atoms with van der Waals surface area (Å²) in [7, 11) is 0. The second kappa shape index (κ2) is 7.73. The van der Waals surface area contributed by atoms with Crippen molar-refractivity contribution in [3.05, 3.63) is 91.0 Å². The van der Waals surface area contributed by atoms with Crippen molar-refractivity contribution in [1.29, 1.82) is 0 Å². The van der Waals surface area contributed by atoms with E-state index in [4.69, 9.17) is 0 Å². The third-order valence-electron chi connectivity index (χ3n) is 3.89. The SMILES string of the molecule is CCSC=P(c1ccccc1)(c1ccccc1)c1ccccc1. The average molecular weight is 336 g/mol. The van der Waals surface area contributed by atoms with E-state index in [1.165, 1.54) is 15.9 Å². The molecule has 0 unspecified atom stereocenters. The summed E-state index contributed by atoms with van der Waals surface area (Å²) in [6.07, 6.45) is 0. The maximum Gasteiger partial charge on any atom is -0.00538 e. The van der Waals surface area contributed by atoms with Crippen molar-refractivity contribution in [2.75, 3.05) is 5.75 Å². The molecule has 0 bridgehead atoms. The van der Waals surface area contributed by atoms with Gasteiger partial charge in [0.2, 0.25) is 0 Å². The molecule has 0 heterocycles. The number of rotatable bonds is 5. The molecular formula is C21H21PS. The topological polar surface area (TPSA) is 0 Å². The predicted octanol–water partition coefficient (Wildman–Crippen LogP) is 4.49. The van der Waals surface area contributed by atoms with Gasteiger partial charge in [0, 0.05) is 0 Å². The summed E-state index contributed by atoms with van der Waals surface area (Å²) in [6.45, 7) is 0.487. The summed E-state index contributed by atoms with van der Waals surface area (Å²) in [6, 6.07) is 32.9. The van der Waals surface area contributed by atoms with Crippen molar-refractivity contribution in [3.8, 4) is 0 Å². The average Bonchev–Trinajstić information content (AvgIpc) is 2.65. The van der Waals surface area contributed by atoms with Crippen LogP contribution in [0, 0.1) is 0 Å². The summed E-state index contributed by atoms with van der Waals surface area (Å²) >= 11 is 1.92. The lowest BCUT2D eigenvalue weighted by Crippen LogP contribution is -2.26. The van der Waals surface area contributed by atoms with Crippen LogP contribution < -0.4 is 15.9 Å². The van der Waals surface area contributed by atoms with Gasteiger partial charge in [0.1, 0.15) is 0 Å². The Kier molecular flexibility index (Phi) is 5.43. The van der Waals surface area contributed by atoms with Gasteiger partial charge in [0.25, 0.3) is 0 Å². The van der Waals surface area contributed by atoms with Gasteiger partial charge in [-0.05, 0) is 33.7 Å². The fourth-order valence-electron chi connectivity index (χ4n) is 2.81. The van der Waals surface area contributed by atoms with Crippen LogP contribution in [0.4, 0.5) is 0 Å². The molecule has 0 aromatic heterocycles.